The summed E-state index contributed by atoms with van der Waals surface area (Å²) in [5.41, 5.74) is 1.15. The molecule has 1 aliphatic rings. The molecule has 2 aromatic carbocycles. The summed E-state index contributed by atoms with van der Waals surface area (Å²) in [6, 6.07) is 15.2. The van der Waals surface area contributed by atoms with Crippen LogP contribution in [0.1, 0.15) is 31.4 Å². The van der Waals surface area contributed by atoms with Crippen molar-refractivity contribution >= 4 is 17.5 Å². The van der Waals surface area contributed by atoms with Crippen molar-refractivity contribution < 1.29 is 14.3 Å². The van der Waals surface area contributed by atoms with Gasteiger partial charge in [-0.2, -0.15) is 0 Å². The fourth-order valence-corrected chi connectivity index (χ4v) is 3.60. The van der Waals surface area contributed by atoms with Crippen LogP contribution in [-0.2, 0) is 4.79 Å². The molecule has 2 atom stereocenters. The molecule has 1 amide bonds. The highest BCUT2D eigenvalue weighted by molar-refractivity contribution is 6.30. The number of methoxy groups -OCH3 is 1. The summed E-state index contributed by atoms with van der Waals surface area (Å²) in [6.45, 7) is 4.35. The lowest BCUT2D eigenvalue weighted by Gasteiger charge is -2.29. The SMILES string of the molecule is COc1cccc([C@@H](CNC(=O)[C@@H](C)Oc2ccc(Cl)cc2)N2CCCC2)c1. The molecular weight excluding hydrogens is 376 g/mol. The third kappa shape index (κ3) is 5.40. The number of halogens is 1. The van der Waals surface area contributed by atoms with Gasteiger partial charge in [0.25, 0.3) is 5.91 Å². The maximum absolute atomic E-state index is 12.6. The first-order valence-electron chi connectivity index (χ1n) is 9.65. The lowest BCUT2D eigenvalue weighted by molar-refractivity contribution is -0.127. The van der Waals surface area contributed by atoms with Gasteiger partial charge in [0.05, 0.1) is 13.2 Å². The molecule has 0 aliphatic carbocycles. The highest BCUT2D eigenvalue weighted by Crippen LogP contribution is 2.27. The van der Waals surface area contributed by atoms with E-state index in [0.29, 0.717) is 17.3 Å². The number of amides is 1. The highest BCUT2D eigenvalue weighted by atomic mass is 35.5. The van der Waals surface area contributed by atoms with Gasteiger partial charge in [-0.05, 0) is 74.8 Å². The van der Waals surface area contributed by atoms with Crippen LogP contribution < -0.4 is 14.8 Å². The zero-order valence-electron chi connectivity index (χ0n) is 16.4. The summed E-state index contributed by atoms with van der Waals surface area (Å²) in [6.07, 6.45) is 1.78. The van der Waals surface area contributed by atoms with E-state index in [4.69, 9.17) is 21.1 Å². The predicted molar refractivity (Wildman–Crippen MR) is 111 cm³/mol. The van der Waals surface area contributed by atoms with Crippen molar-refractivity contribution in [2.75, 3.05) is 26.7 Å². The van der Waals surface area contributed by atoms with Crippen molar-refractivity contribution in [1.82, 2.24) is 10.2 Å². The zero-order valence-corrected chi connectivity index (χ0v) is 17.1. The number of benzene rings is 2. The first-order chi connectivity index (χ1) is 13.6. The van der Waals surface area contributed by atoms with Crippen LogP contribution in [0.4, 0.5) is 0 Å². The van der Waals surface area contributed by atoms with Gasteiger partial charge in [0.1, 0.15) is 11.5 Å². The van der Waals surface area contributed by atoms with E-state index in [1.807, 2.05) is 18.2 Å². The Morgan fingerprint density at radius 2 is 1.86 bits per heavy atom. The number of nitrogens with one attached hydrogen (secondary N) is 1. The normalized spacial score (nSPS) is 16.4. The molecule has 0 bridgehead atoms. The number of carbonyl (C=O) groups is 1. The van der Waals surface area contributed by atoms with E-state index >= 15 is 0 Å². The minimum atomic E-state index is -0.592. The van der Waals surface area contributed by atoms with Crippen LogP contribution in [-0.4, -0.2) is 43.7 Å². The Labute approximate surface area is 171 Å². The second-order valence-corrected chi connectivity index (χ2v) is 7.43. The van der Waals surface area contributed by atoms with E-state index in [-0.39, 0.29) is 11.9 Å². The van der Waals surface area contributed by atoms with Gasteiger partial charge >= 0.3 is 0 Å². The van der Waals surface area contributed by atoms with Gasteiger partial charge in [-0.25, -0.2) is 0 Å². The van der Waals surface area contributed by atoms with Crippen molar-refractivity contribution in [2.45, 2.75) is 31.9 Å². The van der Waals surface area contributed by atoms with Crippen molar-refractivity contribution in [3.63, 3.8) is 0 Å². The third-order valence-corrected chi connectivity index (χ3v) is 5.28. The molecule has 1 aliphatic heterocycles. The average molecular weight is 403 g/mol. The molecule has 1 fully saturated rings. The van der Waals surface area contributed by atoms with Crippen LogP contribution in [0.5, 0.6) is 11.5 Å². The Kier molecular flexibility index (Phi) is 7.18. The van der Waals surface area contributed by atoms with Crippen molar-refractivity contribution in [3.8, 4) is 11.5 Å². The molecule has 5 nitrogen and oxygen atoms in total. The number of carbonyl (C=O) groups excluding carboxylic acids is 1. The van der Waals surface area contributed by atoms with E-state index in [1.165, 1.54) is 12.8 Å². The van der Waals surface area contributed by atoms with Gasteiger partial charge in [-0.3, -0.25) is 9.69 Å². The lowest BCUT2D eigenvalue weighted by atomic mass is 10.0. The third-order valence-electron chi connectivity index (χ3n) is 5.03. The second-order valence-electron chi connectivity index (χ2n) is 6.99. The van der Waals surface area contributed by atoms with E-state index < -0.39 is 6.10 Å². The first kappa shape index (κ1) is 20.5. The Bertz CT molecular complexity index is 776. The van der Waals surface area contributed by atoms with Gasteiger partial charge in [0, 0.05) is 11.6 Å². The largest absolute Gasteiger partial charge is 0.497 e. The molecule has 0 radical (unpaired) electrons. The molecule has 1 N–H and O–H groups in total. The molecule has 28 heavy (non-hydrogen) atoms. The summed E-state index contributed by atoms with van der Waals surface area (Å²) < 4.78 is 11.1. The number of rotatable bonds is 8. The molecule has 0 saturated carbocycles. The van der Waals surface area contributed by atoms with Crippen LogP contribution in [0, 0.1) is 0 Å². The molecule has 2 aromatic rings. The molecule has 1 saturated heterocycles. The topological polar surface area (TPSA) is 50.8 Å². The Morgan fingerprint density at radius 1 is 1.14 bits per heavy atom. The van der Waals surface area contributed by atoms with Crippen LogP contribution in [0.15, 0.2) is 48.5 Å². The predicted octanol–water partition coefficient (Wildman–Crippen LogP) is 4.07. The van der Waals surface area contributed by atoms with Crippen molar-refractivity contribution in [1.29, 1.82) is 0 Å². The Balaban J connectivity index is 1.63. The van der Waals surface area contributed by atoms with Gasteiger partial charge in [-0.15, -0.1) is 0 Å². The minimum absolute atomic E-state index is 0.115. The van der Waals surface area contributed by atoms with Gasteiger partial charge in [-0.1, -0.05) is 23.7 Å². The maximum Gasteiger partial charge on any atom is 0.260 e. The van der Waals surface area contributed by atoms with E-state index in [1.54, 1.807) is 38.3 Å². The number of nitrogens with zero attached hydrogens (tertiary/aromatic N) is 1. The fourth-order valence-electron chi connectivity index (χ4n) is 3.47. The van der Waals surface area contributed by atoms with Crippen molar-refractivity contribution in [2.24, 2.45) is 0 Å². The summed E-state index contributed by atoms with van der Waals surface area (Å²) >= 11 is 5.89. The molecule has 1 heterocycles. The smallest absolute Gasteiger partial charge is 0.260 e. The van der Waals surface area contributed by atoms with Gasteiger partial charge < -0.3 is 14.8 Å². The first-order valence-corrected chi connectivity index (χ1v) is 10.0. The van der Waals surface area contributed by atoms with Crippen molar-refractivity contribution in [3.05, 3.63) is 59.1 Å². The van der Waals surface area contributed by atoms with Crippen LogP contribution in [0.25, 0.3) is 0 Å². The van der Waals surface area contributed by atoms with E-state index in [9.17, 15) is 4.79 Å². The quantitative estimate of drug-likeness (QED) is 0.723. The Hall–Kier alpha value is -2.24. The number of hydrogen-bond donors (Lipinski definition) is 1. The number of likely N-dealkylation sites (tertiary alicyclic amines) is 1. The summed E-state index contributed by atoms with van der Waals surface area (Å²) in [5, 5.41) is 3.69. The lowest BCUT2D eigenvalue weighted by Crippen LogP contribution is -2.42. The molecular formula is C22H27ClN2O3. The second kappa shape index (κ2) is 9.80. The maximum atomic E-state index is 12.6. The number of hydrogen-bond acceptors (Lipinski definition) is 4. The minimum Gasteiger partial charge on any atom is -0.497 e. The molecule has 0 aromatic heterocycles. The molecule has 0 spiro atoms. The fraction of sp³-hybridized carbons (Fsp3) is 0.409. The van der Waals surface area contributed by atoms with E-state index in [0.717, 1.165) is 24.4 Å². The number of ether oxygens (including phenoxy) is 2. The summed E-state index contributed by atoms with van der Waals surface area (Å²) in [5.74, 6) is 1.31. The zero-order chi connectivity index (χ0) is 19.9. The molecule has 0 unspecified atom stereocenters. The average Bonchev–Trinajstić information content (AvgIpc) is 3.24. The van der Waals surface area contributed by atoms with Crippen LogP contribution >= 0.6 is 11.6 Å². The summed E-state index contributed by atoms with van der Waals surface area (Å²) in [4.78, 5) is 15.0. The van der Waals surface area contributed by atoms with Crippen LogP contribution in [0.2, 0.25) is 5.02 Å². The van der Waals surface area contributed by atoms with Gasteiger partial charge in [0.2, 0.25) is 0 Å². The molecule has 150 valence electrons. The molecule has 3 rings (SSSR count). The standard InChI is InChI=1S/C22H27ClN2O3/c1-16(28-19-10-8-18(23)9-11-19)22(26)24-15-21(25-12-3-4-13-25)17-6-5-7-20(14-17)27-2/h5-11,14,16,21H,3-4,12-13,15H2,1-2H3,(H,24,26)/t16-,21-/m1/s1. The highest BCUT2D eigenvalue weighted by Gasteiger charge is 2.25. The Morgan fingerprint density at radius 3 is 2.54 bits per heavy atom. The van der Waals surface area contributed by atoms with Crippen LogP contribution in [0.3, 0.4) is 0 Å². The van der Waals surface area contributed by atoms with E-state index in [2.05, 4.69) is 16.3 Å². The van der Waals surface area contributed by atoms with Gasteiger partial charge in [0.15, 0.2) is 6.10 Å². The molecule has 6 heteroatoms. The summed E-state index contributed by atoms with van der Waals surface area (Å²) in [7, 11) is 1.67. The monoisotopic (exact) mass is 402 g/mol.